The van der Waals surface area contributed by atoms with Gasteiger partial charge in [-0.05, 0) is 231 Å². The van der Waals surface area contributed by atoms with Crippen molar-refractivity contribution in [2.24, 2.45) is 0 Å². The van der Waals surface area contributed by atoms with Gasteiger partial charge in [0, 0.05) is 88.2 Å². The predicted octanol–water partition coefficient (Wildman–Crippen LogP) is 26.8. The van der Waals surface area contributed by atoms with Crippen molar-refractivity contribution in [1.82, 2.24) is 22.8 Å². The van der Waals surface area contributed by atoms with Gasteiger partial charge in [0.1, 0.15) is 0 Å². The maximum absolute atomic E-state index is 2.51. The van der Waals surface area contributed by atoms with Gasteiger partial charge in [0.2, 0.25) is 0 Å². The Kier molecular flexibility index (Phi) is 13.8. The van der Waals surface area contributed by atoms with E-state index in [1.54, 1.807) is 0 Å². The maximum atomic E-state index is 2.51. The lowest BCUT2D eigenvalue weighted by Crippen LogP contribution is -2.05. The first-order valence-electron chi connectivity index (χ1n) is 37.2. The standard InChI is InChI=1S/C102H67N5/c1-5-19-66(20-6-1)68-37-48-81(49-38-68)105-94-31-17-14-28-84(94)88-59-71(43-54-97(88)105)72-44-55-98-89(60-72)85-29-15-18-32-95(85)106(98)82-50-39-69(40-51-82)67-33-35-70(36-34-67)77-41-52-86-90-62-74(45-56-99(90)107(102(86)65-77)80-25-11-4-12-26-80)76-47-58-101-92(64-76)91-63-75(46-57-100(91)104(101)79-23-9-3-10-24-79)73-42-53-96-87(61-73)83-27-13-16-30-93(83)103(96)78-21-7-2-8-22-78/h1-43,45-54,56-65H,44,55H2. The molecule has 107 heavy (non-hydrogen) atoms. The van der Waals surface area contributed by atoms with Crippen LogP contribution >= 0.6 is 0 Å². The molecule has 0 spiro atoms. The molecule has 16 aromatic carbocycles. The molecular weight excluding hydrogens is 1300 g/mol. The van der Waals surface area contributed by atoms with Crippen molar-refractivity contribution < 1.29 is 0 Å². The van der Waals surface area contributed by atoms with E-state index >= 15 is 0 Å². The first-order valence-corrected chi connectivity index (χ1v) is 37.2. The topological polar surface area (TPSA) is 24.6 Å². The summed E-state index contributed by atoms with van der Waals surface area (Å²) in [5, 5.41) is 11.2. The fourth-order valence-corrected chi connectivity index (χ4v) is 17.8. The number of fused-ring (bicyclic) bond motifs is 15. The van der Waals surface area contributed by atoms with E-state index in [-0.39, 0.29) is 0 Å². The van der Waals surface area contributed by atoms with E-state index in [1.807, 2.05) is 0 Å². The van der Waals surface area contributed by atoms with Crippen LogP contribution < -0.4 is 0 Å². The molecule has 1 aliphatic carbocycles. The Morgan fingerprint density at radius 1 is 0.159 bits per heavy atom. The first-order chi connectivity index (χ1) is 53.0. The number of allylic oxidation sites excluding steroid dienone is 1. The van der Waals surface area contributed by atoms with Gasteiger partial charge in [-0.25, -0.2) is 0 Å². The molecular formula is C102H67N5. The van der Waals surface area contributed by atoms with Gasteiger partial charge in [0.15, 0.2) is 0 Å². The second kappa shape index (κ2) is 24.3. The Balaban J connectivity index is 0.573. The summed E-state index contributed by atoms with van der Waals surface area (Å²) in [4.78, 5) is 0. The van der Waals surface area contributed by atoms with E-state index < -0.39 is 0 Å². The molecule has 0 fully saturated rings. The van der Waals surface area contributed by atoms with Crippen LogP contribution in [0, 0.1) is 0 Å². The summed E-state index contributed by atoms with van der Waals surface area (Å²) in [6, 6.07) is 139. The molecule has 0 saturated carbocycles. The van der Waals surface area contributed by atoms with Crippen LogP contribution in [0.2, 0.25) is 0 Å². The molecule has 0 aliphatic heterocycles. The average Bonchev–Trinajstić information content (AvgIpc) is 1.36. The fraction of sp³-hybridized carbons (Fsp3) is 0.0196. The molecule has 0 unspecified atom stereocenters. The summed E-state index contributed by atoms with van der Waals surface area (Å²) in [5.74, 6) is 0. The smallest absolute Gasteiger partial charge is 0.0547 e. The lowest BCUT2D eigenvalue weighted by molar-refractivity contribution is 0.898. The highest BCUT2D eigenvalue weighted by Crippen LogP contribution is 2.45. The van der Waals surface area contributed by atoms with Gasteiger partial charge in [-0.15, -0.1) is 0 Å². The summed E-state index contributed by atoms with van der Waals surface area (Å²) in [7, 11) is 0. The molecule has 1 aliphatic rings. The van der Waals surface area contributed by atoms with Crippen molar-refractivity contribution in [3.8, 4) is 84.1 Å². The summed E-state index contributed by atoms with van der Waals surface area (Å²) in [6.07, 6.45) is 4.37. The number of rotatable bonds is 11. The Hall–Kier alpha value is -14.0. The van der Waals surface area contributed by atoms with E-state index in [9.17, 15) is 0 Å². The lowest BCUT2D eigenvalue weighted by Gasteiger charge is -2.18. The van der Waals surface area contributed by atoms with Gasteiger partial charge < -0.3 is 22.8 Å². The molecule has 5 nitrogen and oxygen atoms in total. The minimum atomic E-state index is 0.942. The Labute approximate surface area is 618 Å². The zero-order valence-corrected chi connectivity index (χ0v) is 58.5. The molecule has 0 amide bonds. The van der Waals surface area contributed by atoms with E-state index in [4.69, 9.17) is 0 Å². The zero-order valence-electron chi connectivity index (χ0n) is 58.5. The third-order valence-corrected chi connectivity index (χ3v) is 22.8. The SMILES string of the molecule is C1=C(c2ccc3c(c2)c2ccccc2n3-c2ccc(-c3ccccc3)cc2)CCc2c1c1ccccc1n2-c1ccc(-c2ccc(-c3ccc4c5cc(-c6ccc7c(c6)c6cc(-c8ccc9c(c8)c8ccccc8n9-c8ccccc8)ccc6n7-c6ccccc6)ccc5n(-c5ccccc5)c4c3)cc2)cc1. The molecule has 22 rings (SSSR count). The van der Waals surface area contributed by atoms with Crippen LogP contribution in [0.4, 0.5) is 0 Å². The first kappa shape index (κ1) is 60.6. The highest BCUT2D eigenvalue weighted by Gasteiger charge is 2.25. The van der Waals surface area contributed by atoms with Gasteiger partial charge in [0.05, 0.1) is 49.7 Å². The van der Waals surface area contributed by atoms with Crippen LogP contribution in [-0.2, 0) is 6.42 Å². The molecule has 0 atom stereocenters. The van der Waals surface area contributed by atoms with Crippen molar-refractivity contribution >= 4 is 110 Å². The van der Waals surface area contributed by atoms with Gasteiger partial charge in [-0.1, -0.05) is 231 Å². The summed E-state index contributed by atoms with van der Waals surface area (Å²) >= 11 is 0. The highest BCUT2D eigenvalue weighted by molar-refractivity contribution is 6.16. The van der Waals surface area contributed by atoms with Gasteiger partial charge in [0.25, 0.3) is 0 Å². The summed E-state index contributed by atoms with van der Waals surface area (Å²) < 4.78 is 12.2. The highest BCUT2D eigenvalue weighted by atomic mass is 15.0. The third-order valence-electron chi connectivity index (χ3n) is 22.8. The monoisotopic (exact) mass is 1360 g/mol. The number of nitrogens with zero attached hydrogens (tertiary/aromatic N) is 5. The van der Waals surface area contributed by atoms with Crippen LogP contribution in [0.1, 0.15) is 23.2 Å². The minimum absolute atomic E-state index is 0.942. The number of hydrogen-bond acceptors (Lipinski definition) is 0. The van der Waals surface area contributed by atoms with Crippen LogP contribution in [0.15, 0.2) is 376 Å². The average molecular weight is 1360 g/mol. The van der Waals surface area contributed by atoms with Crippen LogP contribution in [0.3, 0.4) is 0 Å². The van der Waals surface area contributed by atoms with Gasteiger partial charge in [-0.3, -0.25) is 0 Å². The van der Waals surface area contributed by atoms with Crippen molar-refractivity contribution in [3.05, 3.63) is 393 Å². The van der Waals surface area contributed by atoms with E-state index in [0.29, 0.717) is 0 Å². The van der Waals surface area contributed by atoms with Gasteiger partial charge >= 0.3 is 0 Å². The fourth-order valence-electron chi connectivity index (χ4n) is 17.8. The quantitative estimate of drug-likeness (QED) is 0.123. The maximum Gasteiger partial charge on any atom is 0.0547 e. The molecule has 21 aromatic rings. The minimum Gasteiger partial charge on any atom is -0.313 e. The van der Waals surface area contributed by atoms with Crippen molar-refractivity contribution in [2.75, 3.05) is 0 Å². The summed E-state index contributed by atoms with van der Waals surface area (Å²) in [5.41, 5.74) is 33.8. The number of para-hydroxylation sites is 6. The molecule has 5 heteroatoms. The molecule has 0 saturated heterocycles. The van der Waals surface area contributed by atoms with E-state index in [0.717, 1.165) is 35.6 Å². The lowest BCUT2D eigenvalue weighted by atomic mass is 9.90. The Morgan fingerprint density at radius 2 is 0.430 bits per heavy atom. The number of hydrogen-bond donors (Lipinski definition) is 0. The van der Waals surface area contributed by atoms with Gasteiger partial charge in [-0.2, -0.15) is 0 Å². The molecule has 500 valence electrons. The largest absolute Gasteiger partial charge is 0.313 e. The van der Waals surface area contributed by atoms with Crippen molar-refractivity contribution in [3.63, 3.8) is 0 Å². The van der Waals surface area contributed by atoms with E-state index in [1.165, 1.54) is 182 Å². The van der Waals surface area contributed by atoms with Crippen molar-refractivity contribution in [2.45, 2.75) is 12.8 Å². The normalized spacial score (nSPS) is 12.5. The summed E-state index contributed by atoms with van der Waals surface area (Å²) in [6.45, 7) is 0. The Bertz CT molecular complexity index is 7170. The second-order valence-corrected chi connectivity index (χ2v) is 28.7. The second-order valence-electron chi connectivity index (χ2n) is 28.7. The molecule has 5 aromatic heterocycles. The molecule has 0 N–H and O–H groups in total. The van der Waals surface area contributed by atoms with Crippen molar-refractivity contribution in [1.29, 1.82) is 0 Å². The van der Waals surface area contributed by atoms with Crippen LogP contribution in [0.5, 0.6) is 0 Å². The predicted molar refractivity (Wildman–Crippen MR) is 450 cm³/mol. The molecule has 0 bridgehead atoms. The molecule has 5 heterocycles. The van der Waals surface area contributed by atoms with Crippen LogP contribution in [0.25, 0.3) is 194 Å². The zero-order chi connectivity index (χ0) is 70.2. The third kappa shape index (κ3) is 9.78. The molecule has 0 radical (unpaired) electrons. The number of aromatic nitrogens is 5. The Morgan fingerprint density at radius 3 is 0.879 bits per heavy atom. The van der Waals surface area contributed by atoms with Crippen LogP contribution in [-0.4, -0.2) is 22.8 Å². The number of benzene rings is 16. The van der Waals surface area contributed by atoms with E-state index in [2.05, 4.69) is 405 Å².